The molecule has 33 heavy (non-hydrogen) atoms. The van der Waals surface area contributed by atoms with Gasteiger partial charge in [-0.3, -0.25) is 4.79 Å². The Morgan fingerprint density at radius 2 is 1.82 bits per heavy atom. The summed E-state index contributed by atoms with van der Waals surface area (Å²) < 4.78 is 10.8. The van der Waals surface area contributed by atoms with Gasteiger partial charge in [0.15, 0.2) is 0 Å². The number of amides is 1. The fourth-order valence-electron chi connectivity index (χ4n) is 3.13. The fraction of sp³-hybridized carbons (Fsp3) is 0.182. The van der Waals surface area contributed by atoms with E-state index in [9.17, 15) is 4.79 Å². The number of benzene rings is 2. The maximum absolute atomic E-state index is 12.1. The Hall–Kier alpha value is -3.99. The molecule has 0 aliphatic rings. The van der Waals surface area contributed by atoms with Crippen molar-refractivity contribution in [3.63, 3.8) is 0 Å². The first-order valence-electron chi connectivity index (χ1n) is 10.3. The zero-order valence-corrected chi connectivity index (χ0v) is 18.2. The molecule has 0 atom stereocenters. The lowest BCUT2D eigenvalue weighted by atomic mass is 10.2. The minimum atomic E-state index is -0.207. The van der Waals surface area contributed by atoms with Crippen LogP contribution in [0.15, 0.2) is 68.8 Å². The number of fused-ring (bicyclic) bond motifs is 1. The second-order valence-electron chi connectivity index (χ2n) is 7.11. The summed E-state index contributed by atoms with van der Waals surface area (Å²) in [4.78, 5) is 24.2. The molecule has 0 unspecified atom stereocenters. The van der Waals surface area contributed by atoms with Gasteiger partial charge in [0.05, 0.1) is 23.3 Å². The van der Waals surface area contributed by atoms with Crippen molar-refractivity contribution in [2.45, 2.75) is 24.6 Å². The summed E-state index contributed by atoms with van der Waals surface area (Å²) >= 11 is 1.17. The molecule has 2 aromatic carbocycles. The molecule has 0 saturated carbocycles. The summed E-state index contributed by atoms with van der Waals surface area (Å²) in [7, 11) is 0. The molecule has 0 aliphatic heterocycles. The smallest absolute Gasteiger partial charge is 0.277 e. The molecule has 2 N–H and O–H groups in total. The van der Waals surface area contributed by atoms with Crippen molar-refractivity contribution >= 4 is 28.7 Å². The predicted octanol–water partition coefficient (Wildman–Crippen LogP) is 3.19. The van der Waals surface area contributed by atoms with E-state index in [0.717, 1.165) is 22.4 Å². The monoisotopic (exact) mass is 461 g/mol. The van der Waals surface area contributed by atoms with E-state index in [1.807, 2.05) is 54.6 Å². The molecule has 0 saturated heterocycles. The fourth-order valence-corrected chi connectivity index (χ4v) is 3.74. The van der Waals surface area contributed by atoms with Crippen LogP contribution in [-0.2, 0) is 24.2 Å². The Labute approximate surface area is 192 Å². The van der Waals surface area contributed by atoms with Crippen LogP contribution in [-0.4, -0.2) is 42.0 Å². The molecule has 166 valence electrons. The number of H-pyrrole nitrogens is 1. The third-order valence-corrected chi connectivity index (χ3v) is 5.54. The van der Waals surface area contributed by atoms with E-state index >= 15 is 0 Å². The van der Waals surface area contributed by atoms with E-state index in [2.05, 4.69) is 35.6 Å². The van der Waals surface area contributed by atoms with Crippen molar-refractivity contribution < 1.29 is 13.7 Å². The van der Waals surface area contributed by atoms with Crippen molar-refractivity contribution in [3.05, 3.63) is 72.2 Å². The molecule has 3 aromatic heterocycles. The lowest BCUT2D eigenvalue weighted by molar-refractivity contribution is -0.118. The van der Waals surface area contributed by atoms with E-state index in [1.165, 1.54) is 11.8 Å². The van der Waals surface area contributed by atoms with Gasteiger partial charge in [-0.15, -0.1) is 10.2 Å². The highest BCUT2D eigenvalue weighted by Crippen LogP contribution is 2.18. The molecule has 1 amide bonds. The summed E-state index contributed by atoms with van der Waals surface area (Å²) in [6.45, 7) is 0.145. The third kappa shape index (κ3) is 5.26. The van der Waals surface area contributed by atoms with Crippen LogP contribution >= 0.6 is 11.8 Å². The largest absolute Gasteiger partial charge is 0.416 e. The zero-order valence-electron chi connectivity index (χ0n) is 17.4. The van der Waals surface area contributed by atoms with Crippen molar-refractivity contribution in [2.24, 2.45) is 0 Å². The first-order valence-corrected chi connectivity index (χ1v) is 11.2. The molecular weight excluding hydrogens is 442 g/mol. The van der Waals surface area contributed by atoms with Gasteiger partial charge in [0, 0.05) is 18.4 Å². The van der Waals surface area contributed by atoms with Crippen LogP contribution in [0.1, 0.15) is 17.6 Å². The number of para-hydroxylation sites is 2. The summed E-state index contributed by atoms with van der Waals surface area (Å²) in [5, 5.41) is 15.1. The number of rotatable bonds is 9. The van der Waals surface area contributed by atoms with Gasteiger partial charge in [-0.2, -0.15) is 4.98 Å². The number of aromatic nitrogens is 6. The highest BCUT2D eigenvalue weighted by atomic mass is 32.2. The molecule has 0 fully saturated rings. The molecule has 5 aromatic rings. The van der Waals surface area contributed by atoms with E-state index in [-0.39, 0.29) is 18.2 Å². The first-order chi connectivity index (χ1) is 16.2. The van der Waals surface area contributed by atoms with Crippen molar-refractivity contribution in [1.29, 1.82) is 0 Å². The van der Waals surface area contributed by atoms with Gasteiger partial charge < -0.3 is 19.2 Å². The third-order valence-electron chi connectivity index (χ3n) is 4.73. The molecule has 0 bridgehead atoms. The highest BCUT2D eigenvalue weighted by molar-refractivity contribution is 7.99. The SMILES string of the molecule is O=C(CSc1nnc(CCc2nc3ccccc3[nH]2)o1)NCc1nc(-c2ccccc2)no1. The zero-order chi connectivity index (χ0) is 22.5. The molecular formula is C22H19N7O3S. The predicted molar refractivity (Wildman–Crippen MR) is 120 cm³/mol. The number of nitrogens with zero attached hydrogens (tertiary/aromatic N) is 5. The van der Waals surface area contributed by atoms with Gasteiger partial charge in [-0.25, -0.2) is 4.98 Å². The summed E-state index contributed by atoms with van der Waals surface area (Å²) in [5.74, 6) is 2.09. The van der Waals surface area contributed by atoms with Gasteiger partial charge in [0.2, 0.25) is 23.5 Å². The Kier molecular flexibility index (Phi) is 6.11. The maximum atomic E-state index is 12.1. The van der Waals surface area contributed by atoms with E-state index in [4.69, 9.17) is 8.94 Å². The molecule has 3 heterocycles. The molecule has 0 radical (unpaired) electrons. The van der Waals surface area contributed by atoms with E-state index in [0.29, 0.717) is 35.7 Å². The molecule has 0 spiro atoms. The van der Waals surface area contributed by atoms with Crippen molar-refractivity contribution in [1.82, 2.24) is 35.6 Å². The highest BCUT2D eigenvalue weighted by Gasteiger charge is 2.13. The van der Waals surface area contributed by atoms with Gasteiger partial charge >= 0.3 is 0 Å². The summed E-state index contributed by atoms with van der Waals surface area (Å²) in [5.41, 5.74) is 2.77. The van der Waals surface area contributed by atoms with Crippen molar-refractivity contribution in [3.8, 4) is 11.4 Å². The number of carbonyl (C=O) groups is 1. The van der Waals surface area contributed by atoms with Crippen LogP contribution in [0.2, 0.25) is 0 Å². The molecule has 5 rings (SSSR count). The van der Waals surface area contributed by atoms with Crippen LogP contribution in [0.3, 0.4) is 0 Å². The normalized spacial score (nSPS) is 11.2. The lowest BCUT2D eigenvalue weighted by Gasteiger charge is -1.99. The van der Waals surface area contributed by atoms with Crippen LogP contribution in [0, 0.1) is 0 Å². The van der Waals surface area contributed by atoms with Crippen LogP contribution in [0.4, 0.5) is 0 Å². The average Bonchev–Trinajstić information content (AvgIpc) is 3.60. The minimum Gasteiger partial charge on any atom is -0.416 e. The number of hydrogen-bond donors (Lipinski definition) is 2. The van der Waals surface area contributed by atoms with Gasteiger partial charge in [-0.1, -0.05) is 59.4 Å². The van der Waals surface area contributed by atoms with E-state index in [1.54, 1.807) is 0 Å². The lowest BCUT2D eigenvalue weighted by Crippen LogP contribution is -2.24. The number of hydrogen-bond acceptors (Lipinski definition) is 9. The standard InChI is InChI=1S/C22H19N7O3S/c30-18(23-12-20-26-21(29-32-20)14-6-2-1-3-7-14)13-33-22-28-27-19(31-22)11-10-17-24-15-8-4-5-9-16(15)25-17/h1-9H,10-13H2,(H,23,30)(H,24,25). The number of thioether (sulfide) groups is 1. The molecule has 11 heteroatoms. The van der Waals surface area contributed by atoms with Crippen LogP contribution < -0.4 is 5.32 Å². The molecule has 0 aliphatic carbocycles. The molecule has 10 nitrogen and oxygen atoms in total. The summed E-state index contributed by atoms with van der Waals surface area (Å²) in [6, 6.07) is 17.3. The first kappa shape index (κ1) is 20.9. The second kappa shape index (κ2) is 9.65. The number of nitrogens with one attached hydrogen (secondary N) is 2. The van der Waals surface area contributed by atoms with Gasteiger partial charge in [0.1, 0.15) is 5.82 Å². The number of aryl methyl sites for hydroxylation is 2. The van der Waals surface area contributed by atoms with Crippen LogP contribution in [0.5, 0.6) is 0 Å². The van der Waals surface area contributed by atoms with E-state index < -0.39 is 0 Å². The Balaban J connectivity index is 1.06. The van der Waals surface area contributed by atoms with Gasteiger partial charge in [-0.05, 0) is 12.1 Å². The quantitative estimate of drug-likeness (QED) is 0.317. The maximum Gasteiger partial charge on any atom is 0.277 e. The number of carbonyl (C=O) groups excluding carboxylic acids is 1. The second-order valence-corrected chi connectivity index (χ2v) is 8.03. The minimum absolute atomic E-state index is 0.130. The summed E-state index contributed by atoms with van der Waals surface area (Å²) in [6.07, 6.45) is 1.21. The number of imidazole rings is 1. The Bertz CT molecular complexity index is 1330. The van der Waals surface area contributed by atoms with Crippen molar-refractivity contribution in [2.75, 3.05) is 5.75 Å². The Morgan fingerprint density at radius 3 is 2.70 bits per heavy atom. The van der Waals surface area contributed by atoms with Crippen LogP contribution in [0.25, 0.3) is 22.4 Å². The average molecular weight is 462 g/mol. The topological polar surface area (TPSA) is 136 Å². The van der Waals surface area contributed by atoms with Gasteiger partial charge in [0.25, 0.3) is 5.22 Å². The number of aromatic amines is 1. The Morgan fingerprint density at radius 1 is 0.970 bits per heavy atom.